The summed E-state index contributed by atoms with van der Waals surface area (Å²) in [6, 6.07) is 7.06. The number of nitrogens with one attached hydrogen (secondary N) is 1. The van der Waals surface area contributed by atoms with E-state index in [9.17, 15) is 4.79 Å². The summed E-state index contributed by atoms with van der Waals surface area (Å²) in [5.41, 5.74) is 1.73. The Morgan fingerprint density at radius 1 is 1.46 bits per heavy atom. The lowest BCUT2D eigenvalue weighted by atomic mass is 10.3. The van der Waals surface area contributed by atoms with Crippen molar-refractivity contribution in [2.45, 2.75) is 6.92 Å². The molecule has 0 amide bonds. The van der Waals surface area contributed by atoms with Gasteiger partial charge in [-0.15, -0.1) is 0 Å². The second-order valence-electron chi connectivity index (χ2n) is 2.76. The Morgan fingerprint density at radius 3 is 2.92 bits per heavy atom. The molecule has 2 aromatic rings. The van der Waals surface area contributed by atoms with Crippen LogP contribution in [-0.2, 0) is 0 Å². The molecule has 4 heteroatoms. The fourth-order valence-corrected chi connectivity index (χ4v) is 1.82. The summed E-state index contributed by atoms with van der Waals surface area (Å²) >= 11 is 1.39. The first-order valence-electron chi connectivity index (χ1n) is 3.89. The van der Waals surface area contributed by atoms with Gasteiger partial charge in [-0.05, 0) is 30.6 Å². The largest absolute Gasteiger partial charge is 0.321 e. The molecule has 13 heavy (non-hydrogen) atoms. The van der Waals surface area contributed by atoms with Gasteiger partial charge in [-0.25, -0.2) is 0 Å². The van der Waals surface area contributed by atoms with E-state index < -0.39 is 0 Å². The molecule has 0 aliphatic rings. The number of rotatable bonds is 1. The van der Waals surface area contributed by atoms with E-state index in [2.05, 4.69) is 9.36 Å². The van der Waals surface area contributed by atoms with E-state index in [1.54, 1.807) is 6.07 Å². The van der Waals surface area contributed by atoms with Crippen molar-refractivity contribution in [1.29, 1.82) is 0 Å². The molecule has 0 radical (unpaired) electrons. The molecule has 0 fully saturated rings. The fraction of sp³-hybridized carbons (Fsp3) is 0.111. The number of hydrogen-bond acceptors (Lipinski definition) is 3. The summed E-state index contributed by atoms with van der Waals surface area (Å²) in [6.07, 6.45) is 0. The highest BCUT2D eigenvalue weighted by Crippen LogP contribution is 2.20. The highest BCUT2D eigenvalue weighted by atomic mass is 32.1. The van der Waals surface area contributed by atoms with Crippen molar-refractivity contribution < 1.29 is 0 Å². The second kappa shape index (κ2) is 3.14. The molecule has 0 saturated carbocycles. The predicted molar refractivity (Wildman–Crippen MR) is 52.9 cm³/mol. The third kappa shape index (κ3) is 1.67. The van der Waals surface area contributed by atoms with Crippen LogP contribution in [0.3, 0.4) is 0 Å². The van der Waals surface area contributed by atoms with Crippen LogP contribution in [0.2, 0.25) is 0 Å². The second-order valence-corrected chi connectivity index (χ2v) is 3.57. The maximum absolute atomic E-state index is 11.0. The van der Waals surface area contributed by atoms with Crippen LogP contribution >= 0.6 is 11.5 Å². The van der Waals surface area contributed by atoms with Gasteiger partial charge >= 0.3 is 0 Å². The highest BCUT2D eigenvalue weighted by molar-refractivity contribution is 7.09. The van der Waals surface area contributed by atoms with Crippen molar-refractivity contribution in [3.63, 3.8) is 0 Å². The van der Waals surface area contributed by atoms with Crippen LogP contribution in [-0.4, -0.2) is 9.36 Å². The van der Waals surface area contributed by atoms with Crippen LogP contribution in [0, 0.1) is 6.92 Å². The predicted octanol–water partition coefficient (Wildman–Crippen LogP) is 1.81. The summed E-state index contributed by atoms with van der Waals surface area (Å²) in [5.74, 6) is 0. The number of nitrogens with zero attached hydrogens (tertiary/aromatic N) is 1. The zero-order valence-electron chi connectivity index (χ0n) is 7.07. The van der Waals surface area contributed by atoms with Gasteiger partial charge in [0.25, 0.3) is 0 Å². The highest BCUT2D eigenvalue weighted by Gasteiger charge is 2.01. The summed E-state index contributed by atoms with van der Waals surface area (Å²) in [7, 11) is 0. The van der Waals surface area contributed by atoms with E-state index in [4.69, 9.17) is 0 Å². The molecular weight excluding hydrogens is 184 g/mol. The van der Waals surface area contributed by atoms with Gasteiger partial charge in [0.2, 0.25) is 5.56 Å². The van der Waals surface area contributed by atoms with Gasteiger partial charge in [-0.3, -0.25) is 4.79 Å². The lowest BCUT2D eigenvalue weighted by Crippen LogP contribution is -2.02. The molecule has 0 spiro atoms. The minimum Gasteiger partial charge on any atom is -0.321 e. The van der Waals surface area contributed by atoms with Crippen molar-refractivity contribution in [1.82, 2.24) is 9.36 Å². The first-order valence-corrected chi connectivity index (χ1v) is 4.66. The Labute approximate surface area is 79.2 Å². The first-order chi connectivity index (χ1) is 6.25. The van der Waals surface area contributed by atoms with Crippen LogP contribution in [0.4, 0.5) is 0 Å². The van der Waals surface area contributed by atoms with Crippen LogP contribution < -0.4 is 5.56 Å². The molecule has 2 rings (SSSR count). The van der Waals surface area contributed by atoms with Crippen LogP contribution in [0.25, 0.3) is 10.6 Å². The normalized spacial score (nSPS) is 10.2. The molecular formula is C9H8N2OS. The Hall–Kier alpha value is -1.42. The smallest absolute Gasteiger partial charge is 0.248 e. The average molecular weight is 192 g/mol. The van der Waals surface area contributed by atoms with Gasteiger partial charge < -0.3 is 4.98 Å². The quantitative estimate of drug-likeness (QED) is 0.749. The minimum atomic E-state index is -0.0800. The average Bonchev–Trinajstić information content (AvgIpc) is 2.52. The monoisotopic (exact) mass is 192 g/mol. The molecule has 0 aromatic carbocycles. The SMILES string of the molecule is Cc1cc(-c2cccc(=O)[nH]2)sn1. The van der Waals surface area contributed by atoms with Gasteiger partial charge in [0, 0.05) is 6.07 Å². The topological polar surface area (TPSA) is 45.8 Å². The third-order valence-electron chi connectivity index (χ3n) is 1.66. The summed E-state index contributed by atoms with van der Waals surface area (Å²) < 4.78 is 4.14. The van der Waals surface area contributed by atoms with E-state index in [0.717, 1.165) is 16.3 Å². The van der Waals surface area contributed by atoms with E-state index in [1.165, 1.54) is 17.6 Å². The van der Waals surface area contributed by atoms with Crippen molar-refractivity contribution in [3.8, 4) is 10.6 Å². The molecule has 66 valence electrons. The molecule has 2 heterocycles. The number of H-pyrrole nitrogens is 1. The Kier molecular flexibility index (Phi) is 1.98. The number of aromatic amines is 1. The molecule has 0 aliphatic heterocycles. The Bertz CT molecular complexity index is 472. The standard InChI is InChI=1S/C9H8N2OS/c1-6-5-8(13-11-6)7-3-2-4-9(12)10-7/h2-5H,1H3,(H,10,12). The maximum Gasteiger partial charge on any atom is 0.248 e. The van der Waals surface area contributed by atoms with Crippen LogP contribution in [0.15, 0.2) is 29.1 Å². The third-order valence-corrected chi connectivity index (χ3v) is 2.58. The number of hydrogen-bond donors (Lipinski definition) is 1. The molecule has 0 bridgehead atoms. The first kappa shape index (κ1) is 8.19. The van der Waals surface area contributed by atoms with Crippen molar-refractivity contribution in [2.75, 3.05) is 0 Å². The van der Waals surface area contributed by atoms with E-state index in [-0.39, 0.29) is 5.56 Å². The van der Waals surface area contributed by atoms with E-state index >= 15 is 0 Å². The minimum absolute atomic E-state index is 0.0800. The molecule has 0 atom stereocenters. The van der Waals surface area contributed by atoms with Crippen LogP contribution in [0.1, 0.15) is 5.69 Å². The molecule has 3 nitrogen and oxygen atoms in total. The molecule has 0 aliphatic carbocycles. The molecule has 0 saturated heterocycles. The molecule has 0 unspecified atom stereocenters. The van der Waals surface area contributed by atoms with Gasteiger partial charge in [0.1, 0.15) is 0 Å². The van der Waals surface area contributed by atoms with Gasteiger partial charge in [-0.2, -0.15) is 4.37 Å². The molecule has 1 N–H and O–H groups in total. The zero-order chi connectivity index (χ0) is 9.26. The van der Waals surface area contributed by atoms with Crippen molar-refractivity contribution in [3.05, 3.63) is 40.3 Å². The number of pyridine rings is 1. The van der Waals surface area contributed by atoms with E-state index in [1.807, 2.05) is 19.1 Å². The lowest BCUT2D eigenvalue weighted by Gasteiger charge is -1.93. The summed E-state index contributed by atoms with van der Waals surface area (Å²) in [4.78, 5) is 14.7. The van der Waals surface area contributed by atoms with Gasteiger partial charge in [-0.1, -0.05) is 6.07 Å². The van der Waals surface area contributed by atoms with E-state index in [0.29, 0.717) is 0 Å². The summed E-state index contributed by atoms with van der Waals surface area (Å²) in [5, 5.41) is 0. The van der Waals surface area contributed by atoms with Crippen molar-refractivity contribution in [2.24, 2.45) is 0 Å². The zero-order valence-corrected chi connectivity index (χ0v) is 7.89. The Balaban J connectivity index is 2.52. The van der Waals surface area contributed by atoms with Gasteiger partial charge in [0.15, 0.2) is 0 Å². The lowest BCUT2D eigenvalue weighted by molar-refractivity contribution is 1.25. The summed E-state index contributed by atoms with van der Waals surface area (Å²) in [6.45, 7) is 1.93. The van der Waals surface area contributed by atoms with Crippen LogP contribution in [0.5, 0.6) is 0 Å². The van der Waals surface area contributed by atoms with Crippen molar-refractivity contribution >= 4 is 11.5 Å². The number of aryl methyl sites for hydroxylation is 1. The van der Waals surface area contributed by atoms with Gasteiger partial charge in [0.05, 0.1) is 16.3 Å². The number of aromatic nitrogens is 2. The maximum atomic E-state index is 11.0. The Morgan fingerprint density at radius 2 is 2.31 bits per heavy atom. The molecule has 2 aromatic heterocycles. The fourth-order valence-electron chi connectivity index (χ4n) is 1.08.